The van der Waals surface area contributed by atoms with Crippen LogP contribution in [0.15, 0.2) is 76.2 Å². The number of aromatic nitrogens is 2. The zero-order valence-corrected chi connectivity index (χ0v) is 19.8. The molecule has 1 aliphatic carbocycles. The smallest absolute Gasteiger partial charge is 0.274 e. The quantitative estimate of drug-likeness (QED) is 0.458. The highest BCUT2D eigenvalue weighted by molar-refractivity contribution is 5.95. The van der Waals surface area contributed by atoms with Gasteiger partial charge in [0.05, 0.1) is 12.6 Å². The van der Waals surface area contributed by atoms with Gasteiger partial charge in [-0.25, -0.2) is 0 Å². The molecule has 0 radical (unpaired) electrons. The number of amides is 1. The maximum absolute atomic E-state index is 13.7. The van der Waals surface area contributed by atoms with Crippen molar-refractivity contribution in [3.05, 3.63) is 122 Å². The van der Waals surface area contributed by atoms with Crippen molar-refractivity contribution in [1.29, 1.82) is 0 Å². The lowest BCUT2D eigenvalue weighted by Crippen LogP contribution is -2.55. The van der Waals surface area contributed by atoms with Crippen LogP contribution in [-0.2, 0) is 19.4 Å². The van der Waals surface area contributed by atoms with Gasteiger partial charge in [0.1, 0.15) is 23.8 Å². The van der Waals surface area contributed by atoms with Crippen LogP contribution in [0.5, 0.6) is 0 Å². The van der Waals surface area contributed by atoms with E-state index in [0.717, 1.165) is 12.8 Å². The summed E-state index contributed by atoms with van der Waals surface area (Å²) >= 11 is 0. The van der Waals surface area contributed by atoms with E-state index < -0.39 is 0 Å². The van der Waals surface area contributed by atoms with E-state index in [1.165, 1.54) is 22.3 Å². The number of nitrogens with zero attached hydrogens (tertiary/aromatic N) is 4. The molecule has 35 heavy (non-hydrogen) atoms. The fourth-order valence-electron chi connectivity index (χ4n) is 5.39. The Balaban J connectivity index is 1.55. The summed E-state index contributed by atoms with van der Waals surface area (Å²) in [7, 11) is 0. The van der Waals surface area contributed by atoms with Crippen molar-refractivity contribution < 1.29 is 9.32 Å². The number of hydrogen-bond donors (Lipinski definition) is 0. The molecule has 2 aromatic heterocycles. The highest BCUT2D eigenvalue weighted by Gasteiger charge is 2.37. The largest absolute Gasteiger partial charge is 0.361 e. The topological polar surface area (TPSA) is 71.6 Å². The molecular weight excluding hydrogens is 440 g/mol. The molecule has 0 saturated heterocycles. The third kappa shape index (κ3) is 3.55. The Morgan fingerprint density at radius 3 is 2.23 bits per heavy atom. The average Bonchev–Trinajstić information content (AvgIpc) is 3.20. The molecule has 1 amide bonds. The molecule has 0 unspecified atom stereocenters. The van der Waals surface area contributed by atoms with Gasteiger partial charge in [-0.2, -0.15) is 0 Å². The van der Waals surface area contributed by atoms with Crippen LogP contribution in [0, 0.1) is 13.8 Å². The normalized spacial score (nSPS) is 15.4. The van der Waals surface area contributed by atoms with Gasteiger partial charge in [-0.05, 0) is 48.9 Å². The second kappa shape index (κ2) is 8.27. The number of fused-ring (bicyclic) bond motifs is 3. The fraction of sp³-hybridized carbons (Fsp3) is 0.250. The first-order chi connectivity index (χ1) is 17.0. The van der Waals surface area contributed by atoms with Gasteiger partial charge in [-0.3, -0.25) is 19.3 Å². The molecule has 0 bridgehead atoms. The predicted molar refractivity (Wildman–Crippen MR) is 132 cm³/mol. The van der Waals surface area contributed by atoms with Gasteiger partial charge in [-0.15, -0.1) is 0 Å². The summed E-state index contributed by atoms with van der Waals surface area (Å²) in [6.07, 6.45) is 3.64. The zero-order valence-electron chi connectivity index (χ0n) is 19.8. The lowest BCUT2D eigenvalue weighted by Gasteiger charge is -2.44. The molecular formula is C28H26N4O3. The summed E-state index contributed by atoms with van der Waals surface area (Å²) in [6.45, 7) is 4.20. The minimum Gasteiger partial charge on any atom is -0.361 e. The molecule has 7 heteroatoms. The Bertz CT molecular complexity index is 1450. The summed E-state index contributed by atoms with van der Waals surface area (Å²) in [6, 6.07) is 20.3. The molecule has 6 rings (SSSR count). The Morgan fingerprint density at radius 1 is 0.943 bits per heavy atom. The van der Waals surface area contributed by atoms with E-state index in [2.05, 4.69) is 58.7 Å². The van der Waals surface area contributed by atoms with Crippen molar-refractivity contribution in [3.63, 3.8) is 0 Å². The standard InChI is InChI=1S/C28H26N4O3/c1-18-15-22(29-35-18)16-30-17-32(31-14-13-25(33)19(2)26(31)28(30)34)27-23-9-5-3-7-20(23)11-12-21-8-4-6-10-24(21)27/h3-10,13-15,27H,11-12,16-17H2,1-2H3. The van der Waals surface area contributed by atoms with Crippen LogP contribution in [-0.4, -0.2) is 27.3 Å². The van der Waals surface area contributed by atoms with Crippen molar-refractivity contribution in [2.24, 2.45) is 0 Å². The number of carbonyl (C=O) groups is 1. The summed E-state index contributed by atoms with van der Waals surface area (Å²) < 4.78 is 7.13. The molecule has 2 aromatic carbocycles. The first kappa shape index (κ1) is 21.4. The molecule has 0 fully saturated rings. The third-order valence-electron chi connectivity index (χ3n) is 7.09. The van der Waals surface area contributed by atoms with Crippen molar-refractivity contribution in [3.8, 4) is 0 Å². The summed E-state index contributed by atoms with van der Waals surface area (Å²) in [5.74, 6) is 0.507. The van der Waals surface area contributed by atoms with E-state index in [1.54, 1.807) is 24.1 Å². The molecule has 3 heterocycles. The highest BCUT2D eigenvalue weighted by atomic mass is 16.5. The van der Waals surface area contributed by atoms with Crippen LogP contribution in [0.4, 0.5) is 0 Å². The molecule has 0 saturated carbocycles. The average molecular weight is 467 g/mol. The molecule has 0 spiro atoms. The Hall–Kier alpha value is -4.13. The van der Waals surface area contributed by atoms with Crippen LogP contribution in [0.2, 0.25) is 0 Å². The summed E-state index contributed by atoms with van der Waals surface area (Å²) in [5, 5.41) is 6.30. The van der Waals surface area contributed by atoms with Gasteiger partial charge in [0.15, 0.2) is 5.43 Å². The zero-order chi connectivity index (χ0) is 24.1. The van der Waals surface area contributed by atoms with Crippen molar-refractivity contribution in [2.45, 2.75) is 39.3 Å². The first-order valence-electron chi connectivity index (χ1n) is 11.9. The maximum Gasteiger partial charge on any atom is 0.274 e. The van der Waals surface area contributed by atoms with Crippen LogP contribution in [0.1, 0.15) is 55.8 Å². The van der Waals surface area contributed by atoms with Crippen molar-refractivity contribution in [1.82, 2.24) is 14.7 Å². The second-order valence-electron chi connectivity index (χ2n) is 9.31. The second-order valence-corrected chi connectivity index (χ2v) is 9.31. The first-order valence-corrected chi connectivity index (χ1v) is 11.9. The van der Waals surface area contributed by atoms with Gasteiger partial charge in [0, 0.05) is 23.9 Å². The van der Waals surface area contributed by atoms with Gasteiger partial charge < -0.3 is 9.42 Å². The third-order valence-corrected chi connectivity index (χ3v) is 7.09. The molecule has 1 aliphatic heterocycles. The van der Waals surface area contributed by atoms with Crippen LogP contribution < -0.4 is 10.4 Å². The van der Waals surface area contributed by atoms with Crippen LogP contribution >= 0.6 is 0 Å². The number of aryl methyl sites for hydroxylation is 3. The van der Waals surface area contributed by atoms with E-state index in [4.69, 9.17) is 4.52 Å². The maximum atomic E-state index is 13.7. The van der Waals surface area contributed by atoms with E-state index >= 15 is 0 Å². The SMILES string of the molecule is Cc1cc(CN2CN(C3c4ccccc4CCc4ccccc43)n3ccc(=O)c(C)c3C2=O)no1. The monoisotopic (exact) mass is 466 g/mol. The molecule has 176 valence electrons. The number of pyridine rings is 1. The minimum absolute atomic E-state index is 0.125. The van der Waals surface area contributed by atoms with Gasteiger partial charge in [-0.1, -0.05) is 53.7 Å². The molecule has 2 aliphatic rings. The van der Waals surface area contributed by atoms with E-state index in [-0.39, 0.29) is 17.4 Å². The minimum atomic E-state index is -0.188. The Morgan fingerprint density at radius 2 is 1.60 bits per heavy atom. The number of rotatable bonds is 3. The van der Waals surface area contributed by atoms with E-state index in [0.29, 0.717) is 35.9 Å². The molecule has 0 atom stereocenters. The molecule has 0 N–H and O–H groups in total. The molecule has 7 nitrogen and oxygen atoms in total. The lowest BCUT2D eigenvalue weighted by atomic mass is 9.94. The van der Waals surface area contributed by atoms with Gasteiger partial charge >= 0.3 is 0 Å². The van der Waals surface area contributed by atoms with Crippen LogP contribution in [0.3, 0.4) is 0 Å². The molecule has 4 aromatic rings. The lowest BCUT2D eigenvalue weighted by molar-refractivity contribution is 0.0665. The van der Waals surface area contributed by atoms with Gasteiger partial charge in [0.25, 0.3) is 5.91 Å². The number of carbonyl (C=O) groups excluding carboxylic acids is 1. The predicted octanol–water partition coefficient (Wildman–Crippen LogP) is 3.89. The van der Waals surface area contributed by atoms with Crippen LogP contribution in [0.25, 0.3) is 0 Å². The van der Waals surface area contributed by atoms with Crippen molar-refractivity contribution >= 4 is 5.91 Å². The summed E-state index contributed by atoms with van der Waals surface area (Å²) in [5.41, 5.74) is 6.39. The van der Waals surface area contributed by atoms with Gasteiger partial charge in [0.2, 0.25) is 0 Å². The van der Waals surface area contributed by atoms with E-state index in [1.807, 2.05) is 17.7 Å². The highest BCUT2D eigenvalue weighted by Crippen LogP contribution is 2.37. The Kier molecular flexibility index (Phi) is 5.06. The number of hydrogen-bond acceptors (Lipinski definition) is 5. The van der Waals surface area contributed by atoms with Crippen molar-refractivity contribution in [2.75, 3.05) is 11.7 Å². The fourth-order valence-corrected chi connectivity index (χ4v) is 5.39. The number of benzene rings is 2. The van der Waals surface area contributed by atoms with E-state index in [9.17, 15) is 9.59 Å². The summed E-state index contributed by atoms with van der Waals surface area (Å²) in [4.78, 5) is 28.0. The Labute approximate surface area is 203 Å².